The van der Waals surface area contributed by atoms with Crippen molar-refractivity contribution in [3.63, 3.8) is 0 Å². The van der Waals surface area contributed by atoms with Crippen molar-refractivity contribution in [3.8, 4) is 0 Å². The Labute approximate surface area is 129 Å². The van der Waals surface area contributed by atoms with Gasteiger partial charge in [0.05, 0.1) is 11.1 Å². The molecule has 110 valence electrons. The van der Waals surface area contributed by atoms with E-state index in [9.17, 15) is 0 Å². The van der Waals surface area contributed by atoms with Crippen molar-refractivity contribution >= 4 is 39.1 Å². The highest BCUT2D eigenvalue weighted by molar-refractivity contribution is 7.98. The van der Waals surface area contributed by atoms with Crippen molar-refractivity contribution in [2.75, 3.05) is 17.6 Å². The molecule has 0 aromatic carbocycles. The van der Waals surface area contributed by atoms with Gasteiger partial charge in [-0.3, -0.25) is 0 Å². The maximum absolute atomic E-state index is 4.75. The third kappa shape index (κ3) is 3.44. The average Bonchev–Trinajstić information content (AvgIpc) is 2.72. The molecule has 0 bridgehead atoms. The molecule has 0 spiro atoms. The number of nitrogens with zero attached hydrogens (tertiary/aromatic N) is 2. The van der Waals surface area contributed by atoms with Gasteiger partial charge < -0.3 is 5.32 Å². The molecule has 0 unspecified atom stereocenters. The summed E-state index contributed by atoms with van der Waals surface area (Å²) in [6.45, 7) is 9.67. The van der Waals surface area contributed by atoms with E-state index >= 15 is 0 Å². The molecule has 20 heavy (non-hydrogen) atoms. The molecule has 5 heteroatoms. The molecule has 0 fully saturated rings. The van der Waals surface area contributed by atoms with E-state index in [-0.39, 0.29) is 0 Å². The van der Waals surface area contributed by atoms with Crippen LogP contribution in [0.3, 0.4) is 0 Å². The minimum absolute atomic E-state index is 0.903. The van der Waals surface area contributed by atoms with Crippen LogP contribution >= 0.6 is 23.1 Å². The fraction of sp³-hybridized carbons (Fsp3) is 0.600. The largest absolute Gasteiger partial charge is 0.369 e. The van der Waals surface area contributed by atoms with Crippen LogP contribution in [0.15, 0.2) is 0 Å². The summed E-state index contributed by atoms with van der Waals surface area (Å²) in [5.74, 6) is 4.05. The molecule has 2 aromatic heterocycles. The highest BCUT2D eigenvalue weighted by Crippen LogP contribution is 2.33. The second-order valence-electron chi connectivity index (χ2n) is 4.93. The van der Waals surface area contributed by atoms with Gasteiger partial charge >= 0.3 is 0 Å². The van der Waals surface area contributed by atoms with E-state index in [0.717, 1.165) is 35.2 Å². The van der Waals surface area contributed by atoms with Gasteiger partial charge in [0.2, 0.25) is 0 Å². The second-order valence-corrected chi connectivity index (χ2v) is 7.24. The number of hydrogen-bond acceptors (Lipinski definition) is 5. The summed E-state index contributed by atoms with van der Waals surface area (Å²) < 4.78 is 0. The monoisotopic (exact) mass is 309 g/mol. The number of anilines is 1. The lowest BCUT2D eigenvalue weighted by Gasteiger charge is -2.08. The van der Waals surface area contributed by atoms with Crippen LogP contribution in [0.5, 0.6) is 0 Å². The van der Waals surface area contributed by atoms with Gasteiger partial charge in [-0.2, -0.15) is 11.8 Å². The maximum atomic E-state index is 4.75. The van der Waals surface area contributed by atoms with Crippen molar-refractivity contribution < 1.29 is 0 Å². The zero-order valence-electron chi connectivity index (χ0n) is 12.7. The van der Waals surface area contributed by atoms with Gasteiger partial charge in [0.1, 0.15) is 16.5 Å². The number of hydrogen-bond donors (Lipinski definition) is 1. The number of thiophene rings is 1. The van der Waals surface area contributed by atoms with Gasteiger partial charge in [-0.15, -0.1) is 11.3 Å². The summed E-state index contributed by atoms with van der Waals surface area (Å²) in [6, 6.07) is 0. The van der Waals surface area contributed by atoms with Crippen LogP contribution in [0.2, 0.25) is 0 Å². The lowest BCUT2D eigenvalue weighted by molar-refractivity contribution is 0.960. The van der Waals surface area contributed by atoms with Crippen LogP contribution in [0.25, 0.3) is 10.2 Å². The Morgan fingerprint density at radius 2 is 1.95 bits per heavy atom. The molecule has 0 amide bonds. The van der Waals surface area contributed by atoms with Gasteiger partial charge in [-0.05, 0) is 38.0 Å². The summed E-state index contributed by atoms with van der Waals surface area (Å²) in [4.78, 5) is 12.0. The first-order valence-electron chi connectivity index (χ1n) is 7.25. The van der Waals surface area contributed by atoms with Crippen LogP contribution in [-0.2, 0) is 5.75 Å². The third-order valence-corrected chi connectivity index (χ3v) is 5.46. The fourth-order valence-corrected chi connectivity index (χ4v) is 3.83. The standard InChI is InChI=1S/C15H23N3S2/c1-5-7-16-14-13-10(3)11(4)20-15(13)18-12(17-14)9-19-8-6-2/h5-9H2,1-4H3,(H,16,17,18). The normalized spacial score (nSPS) is 11.2. The van der Waals surface area contributed by atoms with Crippen molar-refractivity contribution in [1.29, 1.82) is 0 Å². The topological polar surface area (TPSA) is 37.8 Å². The smallest absolute Gasteiger partial charge is 0.142 e. The fourth-order valence-electron chi connectivity index (χ4n) is 2.04. The Morgan fingerprint density at radius 3 is 2.65 bits per heavy atom. The van der Waals surface area contributed by atoms with Gasteiger partial charge in [0, 0.05) is 11.4 Å². The lowest BCUT2D eigenvalue weighted by atomic mass is 10.2. The van der Waals surface area contributed by atoms with E-state index in [1.54, 1.807) is 11.3 Å². The third-order valence-electron chi connectivity index (χ3n) is 3.20. The highest BCUT2D eigenvalue weighted by Gasteiger charge is 2.14. The molecule has 2 rings (SSSR count). The van der Waals surface area contributed by atoms with Gasteiger partial charge in [-0.25, -0.2) is 9.97 Å². The summed E-state index contributed by atoms with van der Waals surface area (Å²) in [6.07, 6.45) is 2.30. The molecule has 0 radical (unpaired) electrons. The summed E-state index contributed by atoms with van der Waals surface area (Å²) in [7, 11) is 0. The Bertz CT molecular complexity index is 578. The van der Waals surface area contributed by atoms with Crippen molar-refractivity contribution in [3.05, 3.63) is 16.3 Å². The summed E-state index contributed by atoms with van der Waals surface area (Å²) >= 11 is 3.69. The average molecular weight is 310 g/mol. The Morgan fingerprint density at radius 1 is 1.15 bits per heavy atom. The van der Waals surface area contributed by atoms with Gasteiger partial charge in [0.25, 0.3) is 0 Å². The summed E-state index contributed by atoms with van der Waals surface area (Å²) in [5.41, 5.74) is 1.32. The van der Waals surface area contributed by atoms with Crippen molar-refractivity contribution in [2.24, 2.45) is 0 Å². The van der Waals surface area contributed by atoms with E-state index < -0.39 is 0 Å². The first-order valence-corrected chi connectivity index (χ1v) is 9.22. The minimum atomic E-state index is 0.903. The number of nitrogens with one attached hydrogen (secondary N) is 1. The summed E-state index contributed by atoms with van der Waals surface area (Å²) in [5, 5.41) is 4.68. The van der Waals surface area contributed by atoms with E-state index in [0.29, 0.717) is 0 Å². The number of thioether (sulfide) groups is 1. The van der Waals surface area contributed by atoms with Gasteiger partial charge in [-0.1, -0.05) is 13.8 Å². The molecule has 3 nitrogen and oxygen atoms in total. The van der Waals surface area contributed by atoms with E-state index in [2.05, 4.69) is 33.0 Å². The molecular formula is C15H23N3S2. The number of aryl methyl sites for hydroxylation is 2. The minimum Gasteiger partial charge on any atom is -0.369 e. The van der Waals surface area contributed by atoms with Crippen molar-refractivity contribution in [1.82, 2.24) is 9.97 Å². The van der Waals surface area contributed by atoms with Crippen LogP contribution in [-0.4, -0.2) is 22.3 Å². The molecule has 0 aliphatic rings. The first kappa shape index (κ1) is 15.6. The number of aromatic nitrogens is 2. The molecule has 0 aliphatic heterocycles. The molecule has 0 aliphatic carbocycles. The Hall–Kier alpha value is -0.810. The quantitative estimate of drug-likeness (QED) is 0.747. The molecular weight excluding hydrogens is 286 g/mol. The molecule has 2 heterocycles. The molecule has 2 aromatic rings. The van der Waals surface area contributed by atoms with Crippen LogP contribution < -0.4 is 5.32 Å². The van der Waals surface area contributed by atoms with Crippen molar-refractivity contribution in [2.45, 2.75) is 46.3 Å². The van der Waals surface area contributed by atoms with Crippen LogP contribution in [0.4, 0.5) is 5.82 Å². The zero-order chi connectivity index (χ0) is 14.5. The Kier molecular flexibility index (Phi) is 5.66. The predicted molar refractivity (Wildman–Crippen MR) is 92.1 cm³/mol. The van der Waals surface area contributed by atoms with Gasteiger partial charge in [0.15, 0.2) is 0 Å². The highest BCUT2D eigenvalue weighted by atomic mass is 32.2. The van der Waals surface area contributed by atoms with E-state index in [1.807, 2.05) is 11.8 Å². The lowest BCUT2D eigenvalue weighted by Crippen LogP contribution is -2.05. The second kappa shape index (κ2) is 7.27. The number of fused-ring (bicyclic) bond motifs is 1. The Balaban J connectivity index is 2.36. The van der Waals surface area contributed by atoms with Crippen LogP contribution in [0.1, 0.15) is 43.0 Å². The molecule has 0 saturated heterocycles. The van der Waals surface area contributed by atoms with Crippen LogP contribution in [0, 0.1) is 13.8 Å². The SMILES string of the molecule is CCCNc1nc(CSCCC)nc2sc(C)c(C)c12. The first-order chi connectivity index (χ1) is 9.67. The molecule has 0 saturated carbocycles. The predicted octanol–water partition coefficient (Wildman–Crippen LogP) is 4.77. The maximum Gasteiger partial charge on any atom is 0.142 e. The number of rotatable bonds is 7. The molecule has 0 atom stereocenters. The molecule has 1 N–H and O–H groups in total. The van der Waals surface area contributed by atoms with E-state index in [1.165, 1.54) is 28.0 Å². The van der Waals surface area contributed by atoms with E-state index in [4.69, 9.17) is 9.97 Å². The zero-order valence-corrected chi connectivity index (χ0v) is 14.4.